The molecular weight excluding hydrogens is 162 g/mol. The first-order chi connectivity index (χ1) is 5.94. The Balaban J connectivity index is 4.03. The Kier molecular flexibility index (Phi) is 5.57. The molecule has 0 radical (unpaired) electrons. The highest BCUT2D eigenvalue weighted by Gasteiger charge is 2.28. The summed E-state index contributed by atoms with van der Waals surface area (Å²) in [6.45, 7) is 11.1. The van der Waals surface area contributed by atoms with E-state index in [-0.39, 0.29) is 0 Å². The lowest BCUT2D eigenvalue weighted by molar-refractivity contribution is -0.00494. The van der Waals surface area contributed by atoms with Gasteiger partial charge in [-0.2, -0.15) is 0 Å². The zero-order chi connectivity index (χ0) is 10.5. The highest BCUT2D eigenvalue weighted by atomic mass is 16.3. The van der Waals surface area contributed by atoms with Gasteiger partial charge in [0.1, 0.15) is 0 Å². The van der Waals surface area contributed by atoms with Gasteiger partial charge < -0.3 is 10.4 Å². The molecule has 0 bridgehead atoms. The Morgan fingerprint density at radius 3 is 2.00 bits per heavy atom. The maximum atomic E-state index is 10.2. The summed E-state index contributed by atoms with van der Waals surface area (Å²) < 4.78 is 0. The van der Waals surface area contributed by atoms with Crippen LogP contribution in [-0.2, 0) is 0 Å². The summed E-state index contributed by atoms with van der Waals surface area (Å²) in [5.41, 5.74) is -0.562. The van der Waals surface area contributed by atoms with Crippen LogP contribution in [0.4, 0.5) is 0 Å². The van der Waals surface area contributed by atoms with Crippen molar-refractivity contribution in [3.8, 4) is 0 Å². The fraction of sp³-hybridized carbons (Fsp3) is 1.00. The van der Waals surface area contributed by atoms with Crippen molar-refractivity contribution in [3.05, 3.63) is 0 Å². The molecule has 0 aromatic carbocycles. The molecule has 0 rings (SSSR count). The summed E-state index contributed by atoms with van der Waals surface area (Å²) in [5.74, 6) is 0.402. The van der Waals surface area contributed by atoms with Crippen molar-refractivity contribution < 1.29 is 5.11 Å². The second kappa shape index (κ2) is 5.61. The van der Waals surface area contributed by atoms with Gasteiger partial charge in [-0.3, -0.25) is 0 Å². The Morgan fingerprint density at radius 2 is 1.69 bits per heavy atom. The third-order valence-corrected chi connectivity index (χ3v) is 2.73. The molecule has 80 valence electrons. The number of hydrogen-bond donors (Lipinski definition) is 2. The summed E-state index contributed by atoms with van der Waals surface area (Å²) in [7, 11) is 0. The van der Waals surface area contributed by atoms with Crippen molar-refractivity contribution in [1.82, 2.24) is 5.32 Å². The van der Waals surface area contributed by atoms with Gasteiger partial charge >= 0.3 is 0 Å². The maximum Gasteiger partial charge on any atom is 0.0771 e. The number of hydrogen-bond acceptors (Lipinski definition) is 2. The second-order valence-corrected chi connectivity index (χ2v) is 4.41. The van der Waals surface area contributed by atoms with Crippen molar-refractivity contribution in [2.75, 3.05) is 6.54 Å². The van der Waals surface area contributed by atoms with Crippen LogP contribution < -0.4 is 5.32 Å². The zero-order valence-electron chi connectivity index (χ0n) is 9.72. The minimum atomic E-state index is -0.562. The van der Waals surface area contributed by atoms with Crippen LogP contribution in [0.3, 0.4) is 0 Å². The van der Waals surface area contributed by atoms with E-state index in [2.05, 4.69) is 33.0 Å². The van der Waals surface area contributed by atoms with Gasteiger partial charge in [0.25, 0.3) is 0 Å². The topological polar surface area (TPSA) is 32.3 Å². The number of aliphatic hydroxyl groups is 1. The van der Waals surface area contributed by atoms with E-state index in [1.54, 1.807) is 0 Å². The maximum absolute atomic E-state index is 10.2. The van der Waals surface area contributed by atoms with E-state index >= 15 is 0 Å². The summed E-state index contributed by atoms with van der Waals surface area (Å²) in [5, 5.41) is 13.4. The largest absolute Gasteiger partial charge is 0.389 e. The molecule has 2 heteroatoms. The van der Waals surface area contributed by atoms with Gasteiger partial charge in [-0.05, 0) is 12.8 Å². The van der Waals surface area contributed by atoms with Gasteiger partial charge in [0, 0.05) is 12.6 Å². The molecule has 0 spiro atoms. The van der Waals surface area contributed by atoms with Crippen molar-refractivity contribution in [3.63, 3.8) is 0 Å². The third-order valence-electron chi connectivity index (χ3n) is 2.73. The average Bonchev–Trinajstić information content (AvgIpc) is 2.03. The molecule has 0 heterocycles. The lowest BCUT2D eigenvalue weighted by Gasteiger charge is -2.32. The van der Waals surface area contributed by atoms with Gasteiger partial charge in [0.15, 0.2) is 0 Å². The van der Waals surface area contributed by atoms with Crippen LogP contribution in [-0.4, -0.2) is 23.3 Å². The first-order valence-corrected chi connectivity index (χ1v) is 5.39. The summed E-state index contributed by atoms with van der Waals surface area (Å²) in [6.07, 6.45) is 2.09. The lowest BCUT2D eigenvalue weighted by Crippen LogP contribution is -2.45. The standard InChI is InChI=1S/C11H25NO/c1-6-10(7-2)11(5,13)8-12-9(3)4/h9-10,12-13H,6-8H2,1-5H3. The van der Waals surface area contributed by atoms with Gasteiger partial charge in [0.2, 0.25) is 0 Å². The Morgan fingerprint density at radius 1 is 1.23 bits per heavy atom. The molecule has 13 heavy (non-hydrogen) atoms. The first-order valence-electron chi connectivity index (χ1n) is 5.39. The molecule has 0 aromatic rings. The lowest BCUT2D eigenvalue weighted by atomic mass is 9.85. The predicted octanol–water partition coefficient (Wildman–Crippen LogP) is 2.17. The van der Waals surface area contributed by atoms with Crippen LogP contribution in [0.1, 0.15) is 47.5 Å². The molecule has 1 atom stereocenters. The summed E-state index contributed by atoms with van der Waals surface area (Å²) >= 11 is 0. The Bertz CT molecular complexity index is 128. The fourth-order valence-corrected chi connectivity index (χ4v) is 1.72. The molecule has 0 saturated heterocycles. The van der Waals surface area contributed by atoms with E-state index in [0.29, 0.717) is 18.5 Å². The molecule has 0 amide bonds. The molecule has 1 unspecified atom stereocenters. The third kappa shape index (κ3) is 4.63. The van der Waals surface area contributed by atoms with Crippen LogP contribution in [0.2, 0.25) is 0 Å². The van der Waals surface area contributed by atoms with Crippen LogP contribution in [0.15, 0.2) is 0 Å². The Hall–Kier alpha value is -0.0800. The molecule has 0 fully saturated rings. The van der Waals surface area contributed by atoms with Gasteiger partial charge in [-0.1, -0.05) is 40.5 Å². The molecule has 0 aliphatic rings. The Labute approximate surface area is 82.7 Å². The van der Waals surface area contributed by atoms with Crippen LogP contribution in [0.25, 0.3) is 0 Å². The minimum Gasteiger partial charge on any atom is -0.389 e. The average molecular weight is 187 g/mol. The highest BCUT2D eigenvalue weighted by Crippen LogP contribution is 2.22. The second-order valence-electron chi connectivity index (χ2n) is 4.41. The molecule has 0 aliphatic carbocycles. The fourth-order valence-electron chi connectivity index (χ4n) is 1.72. The van der Waals surface area contributed by atoms with E-state index in [0.717, 1.165) is 12.8 Å². The summed E-state index contributed by atoms with van der Waals surface area (Å²) in [6, 6.07) is 0.445. The van der Waals surface area contributed by atoms with Gasteiger partial charge in [-0.25, -0.2) is 0 Å². The quantitative estimate of drug-likeness (QED) is 0.668. The van der Waals surface area contributed by atoms with Gasteiger partial charge in [0.05, 0.1) is 5.60 Å². The molecule has 0 aliphatic heterocycles. The van der Waals surface area contributed by atoms with Gasteiger partial charge in [-0.15, -0.1) is 0 Å². The summed E-state index contributed by atoms with van der Waals surface area (Å²) in [4.78, 5) is 0. The molecule has 2 nitrogen and oxygen atoms in total. The minimum absolute atomic E-state index is 0.402. The highest BCUT2D eigenvalue weighted by molar-refractivity contribution is 4.83. The van der Waals surface area contributed by atoms with Crippen molar-refractivity contribution in [2.45, 2.75) is 59.1 Å². The van der Waals surface area contributed by atoms with E-state index in [9.17, 15) is 5.11 Å². The van der Waals surface area contributed by atoms with E-state index in [1.165, 1.54) is 0 Å². The van der Waals surface area contributed by atoms with Crippen molar-refractivity contribution in [1.29, 1.82) is 0 Å². The molecule has 0 saturated carbocycles. The normalized spacial score (nSPS) is 16.6. The van der Waals surface area contributed by atoms with Crippen LogP contribution in [0, 0.1) is 5.92 Å². The number of nitrogens with one attached hydrogen (secondary N) is 1. The first kappa shape index (κ1) is 12.9. The zero-order valence-corrected chi connectivity index (χ0v) is 9.72. The smallest absolute Gasteiger partial charge is 0.0771 e. The number of rotatable bonds is 6. The monoisotopic (exact) mass is 187 g/mol. The van der Waals surface area contributed by atoms with Crippen molar-refractivity contribution in [2.24, 2.45) is 5.92 Å². The SMILES string of the molecule is CCC(CC)C(C)(O)CNC(C)C. The molecular formula is C11H25NO. The van der Waals surface area contributed by atoms with E-state index < -0.39 is 5.60 Å². The van der Waals surface area contributed by atoms with E-state index in [1.807, 2.05) is 6.92 Å². The molecule has 0 aromatic heterocycles. The predicted molar refractivity (Wildman–Crippen MR) is 57.8 cm³/mol. The molecule has 2 N–H and O–H groups in total. The van der Waals surface area contributed by atoms with Crippen LogP contribution >= 0.6 is 0 Å². The van der Waals surface area contributed by atoms with Crippen molar-refractivity contribution >= 4 is 0 Å². The van der Waals surface area contributed by atoms with E-state index in [4.69, 9.17) is 0 Å². The van der Waals surface area contributed by atoms with Crippen LogP contribution in [0.5, 0.6) is 0 Å².